The summed E-state index contributed by atoms with van der Waals surface area (Å²) >= 11 is 0. The molecule has 0 spiro atoms. The summed E-state index contributed by atoms with van der Waals surface area (Å²) in [7, 11) is 1.65. The van der Waals surface area contributed by atoms with Crippen molar-refractivity contribution in [2.45, 2.75) is 6.92 Å². The zero-order valence-corrected chi connectivity index (χ0v) is 8.04. The van der Waals surface area contributed by atoms with Crippen LogP contribution in [0, 0.1) is 0 Å². The highest BCUT2D eigenvalue weighted by molar-refractivity contribution is 5.45. The third-order valence-corrected chi connectivity index (χ3v) is 1.59. The van der Waals surface area contributed by atoms with Crippen molar-refractivity contribution in [3.8, 4) is 5.75 Å². The molecule has 0 saturated heterocycles. The van der Waals surface area contributed by atoms with Crippen LogP contribution in [-0.4, -0.2) is 20.4 Å². The molecule has 0 fully saturated rings. The molecule has 0 atom stereocenters. The monoisotopic (exact) mass is 181 g/mol. The Morgan fingerprint density at radius 2 is 1.92 bits per heavy atom. The van der Waals surface area contributed by atoms with Crippen LogP contribution in [0.25, 0.3) is 0 Å². The second-order valence-electron chi connectivity index (χ2n) is 2.57. The minimum atomic E-state index is 0.522. The minimum Gasteiger partial charge on any atom is -0.494 e. The lowest BCUT2D eigenvalue weighted by Gasteiger charge is -2.06. The van der Waals surface area contributed by atoms with Crippen molar-refractivity contribution in [3.63, 3.8) is 0 Å². The van der Waals surface area contributed by atoms with Gasteiger partial charge < -0.3 is 14.8 Å². The molecular formula is C10H15NO2. The first-order chi connectivity index (χ1) is 6.36. The van der Waals surface area contributed by atoms with Crippen molar-refractivity contribution < 1.29 is 9.47 Å². The normalized spacial score (nSPS) is 9.69. The van der Waals surface area contributed by atoms with Crippen LogP contribution in [0.5, 0.6) is 5.75 Å². The maximum atomic E-state index is 5.31. The van der Waals surface area contributed by atoms with E-state index in [4.69, 9.17) is 9.47 Å². The van der Waals surface area contributed by atoms with E-state index in [0.29, 0.717) is 13.3 Å². The first kappa shape index (κ1) is 9.86. The molecule has 0 unspecified atom stereocenters. The molecule has 0 aliphatic heterocycles. The van der Waals surface area contributed by atoms with Crippen LogP contribution in [0.2, 0.25) is 0 Å². The van der Waals surface area contributed by atoms with Gasteiger partial charge in [0.2, 0.25) is 0 Å². The van der Waals surface area contributed by atoms with Crippen LogP contribution < -0.4 is 10.1 Å². The van der Waals surface area contributed by atoms with Gasteiger partial charge in [-0.2, -0.15) is 0 Å². The van der Waals surface area contributed by atoms with Crippen molar-refractivity contribution in [2.75, 3.05) is 25.8 Å². The third kappa shape index (κ3) is 3.34. The molecule has 1 N–H and O–H groups in total. The Morgan fingerprint density at radius 3 is 2.46 bits per heavy atom. The maximum Gasteiger partial charge on any atom is 0.119 e. The molecule has 1 aromatic carbocycles. The molecule has 3 heteroatoms. The molecule has 0 aliphatic rings. The highest BCUT2D eigenvalue weighted by Crippen LogP contribution is 2.15. The smallest absolute Gasteiger partial charge is 0.119 e. The average Bonchev–Trinajstić information content (AvgIpc) is 2.17. The Labute approximate surface area is 78.7 Å². The van der Waals surface area contributed by atoms with Crippen molar-refractivity contribution in [3.05, 3.63) is 24.3 Å². The number of methoxy groups -OCH3 is 1. The van der Waals surface area contributed by atoms with E-state index in [1.165, 1.54) is 0 Å². The molecule has 1 rings (SSSR count). The molecule has 0 heterocycles. The van der Waals surface area contributed by atoms with E-state index < -0.39 is 0 Å². The quantitative estimate of drug-likeness (QED) is 0.706. The molecule has 0 saturated carbocycles. The van der Waals surface area contributed by atoms with Crippen LogP contribution >= 0.6 is 0 Å². The van der Waals surface area contributed by atoms with Gasteiger partial charge >= 0.3 is 0 Å². The predicted molar refractivity (Wildman–Crippen MR) is 53.1 cm³/mol. The maximum absolute atomic E-state index is 5.31. The second-order valence-corrected chi connectivity index (χ2v) is 2.57. The average molecular weight is 181 g/mol. The van der Waals surface area contributed by atoms with E-state index in [9.17, 15) is 0 Å². The standard InChI is InChI=1S/C10H15NO2/c1-3-13-10-6-4-9(5-7-10)11-8-12-2/h4-7,11H,3,8H2,1-2H3. The van der Waals surface area contributed by atoms with E-state index in [0.717, 1.165) is 11.4 Å². The van der Waals surface area contributed by atoms with Crippen molar-refractivity contribution in [1.82, 2.24) is 0 Å². The number of rotatable bonds is 5. The summed E-state index contributed by atoms with van der Waals surface area (Å²) in [5, 5.41) is 3.09. The fourth-order valence-electron chi connectivity index (χ4n) is 0.991. The number of hydrogen-bond donors (Lipinski definition) is 1. The van der Waals surface area contributed by atoms with E-state index in [1.807, 2.05) is 31.2 Å². The van der Waals surface area contributed by atoms with Crippen LogP contribution in [0.15, 0.2) is 24.3 Å². The molecule has 0 aromatic heterocycles. The van der Waals surface area contributed by atoms with Gasteiger partial charge in [0, 0.05) is 12.8 Å². The Hall–Kier alpha value is -1.22. The minimum absolute atomic E-state index is 0.522. The van der Waals surface area contributed by atoms with Gasteiger partial charge in [0.25, 0.3) is 0 Å². The molecule has 13 heavy (non-hydrogen) atoms. The summed E-state index contributed by atoms with van der Waals surface area (Å²) in [6.45, 7) is 3.19. The number of nitrogens with one attached hydrogen (secondary N) is 1. The number of benzene rings is 1. The first-order valence-electron chi connectivity index (χ1n) is 4.32. The Morgan fingerprint density at radius 1 is 1.23 bits per heavy atom. The molecule has 0 aliphatic carbocycles. The van der Waals surface area contributed by atoms with E-state index in [-0.39, 0.29) is 0 Å². The third-order valence-electron chi connectivity index (χ3n) is 1.59. The van der Waals surface area contributed by atoms with Gasteiger partial charge in [-0.3, -0.25) is 0 Å². The van der Waals surface area contributed by atoms with Gasteiger partial charge in [-0.15, -0.1) is 0 Å². The zero-order valence-electron chi connectivity index (χ0n) is 8.04. The van der Waals surface area contributed by atoms with Crippen molar-refractivity contribution >= 4 is 5.69 Å². The van der Waals surface area contributed by atoms with Crippen molar-refractivity contribution in [1.29, 1.82) is 0 Å². The number of ether oxygens (including phenoxy) is 2. The zero-order chi connectivity index (χ0) is 9.52. The molecule has 1 aromatic rings. The molecule has 0 amide bonds. The van der Waals surface area contributed by atoms with Gasteiger partial charge in [0.05, 0.1) is 6.61 Å². The first-order valence-corrected chi connectivity index (χ1v) is 4.32. The van der Waals surface area contributed by atoms with Gasteiger partial charge in [-0.05, 0) is 31.2 Å². The Bertz CT molecular complexity index is 233. The highest BCUT2D eigenvalue weighted by atomic mass is 16.5. The number of hydrogen-bond acceptors (Lipinski definition) is 3. The van der Waals surface area contributed by atoms with Crippen molar-refractivity contribution in [2.24, 2.45) is 0 Å². The highest BCUT2D eigenvalue weighted by Gasteiger charge is 1.92. The summed E-state index contributed by atoms with van der Waals surface area (Å²) in [6, 6.07) is 7.79. The molecule has 0 radical (unpaired) electrons. The molecule has 3 nitrogen and oxygen atoms in total. The van der Waals surface area contributed by atoms with E-state index in [1.54, 1.807) is 7.11 Å². The molecular weight excluding hydrogens is 166 g/mol. The fourth-order valence-corrected chi connectivity index (χ4v) is 0.991. The van der Waals surface area contributed by atoms with Gasteiger partial charge in [0.15, 0.2) is 0 Å². The van der Waals surface area contributed by atoms with Crippen LogP contribution in [0.4, 0.5) is 5.69 Å². The largest absolute Gasteiger partial charge is 0.494 e. The topological polar surface area (TPSA) is 30.5 Å². The summed E-state index contributed by atoms with van der Waals surface area (Å²) < 4.78 is 10.2. The van der Waals surface area contributed by atoms with Crippen LogP contribution in [-0.2, 0) is 4.74 Å². The van der Waals surface area contributed by atoms with Crippen LogP contribution in [0.1, 0.15) is 6.92 Å². The van der Waals surface area contributed by atoms with E-state index >= 15 is 0 Å². The summed E-state index contributed by atoms with van der Waals surface area (Å²) in [5.41, 5.74) is 1.03. The Kier molecular flexibility index (Phi) is 4.12. The fraction of sp³-hybridized carbons (Fsp3) is 0.400. The van der Waals surface area contributed by atoms with E-state index in [2.05, 4.69) is 5.32 Å². The lowest BCUT2D eigenvalue weighted by Crippen LogP contribution is -2.02. The lowest BCUT2D eigenvalue weighted by molar-refractivity contribution is 0.221. The summed E-state index contributed by atoms with van der Waals surface area (Å²) in [6.07, 6.45) is 0. The second kappa shape index (κ2) is 5.43. The lowest BCUT2D eigenvalue weighted by atomic mass is 10.3. The molecule has 0 bridgehead atoms. The van der Waals surface area contributed by atoms with Crippen LogP contribution in [0.3, 0.4) is 0 Å². The predicted octanol–water partition coefficient (Wildman–Crippen LogP) is 2.10. The number of anilines is 1. The van der Waals surface area contributed by atoms with Gasteiger partial charge in [-0.1, -0.05) is 0 Å². The molecule has 72 valence electrons. The summed E-state index contributed by atoms with van der Waals surface area (Å²) in [4.78, 5) is 0. The van der Waals surface area contributed by atoms with Gasteiger partial charge in [0.1, 0.15) is 12.5 Å². The summed E-state index contributed by atoms with van der Waals surface area (Å²) in [5.74, 6) is 0.894. The Balaban J connectivity index is 2.48. The SMILES string of the molecule is CCOc1ccc(NCOC)cc1. The van der Waals surface area contributed by atoms with Gasteiger partial charge in [-0.25, -0.2) is 0 Å².